The zero-order chi connectivity index (χ0) is 14.7. The largest absolute Gasteiger partial charge is 0.493 e. The minimum Gasteiger partial charge on any atom is -0.493 e. The summed E-state index contributed by atoms with van der Waals surface area (Å²) in [6.07, 6.45) is 6.07. The molecule has 114 valence electrons. The van der Waals surface area contributed by atoms with Gasteiger partial charge in [-0.15, -0.1) is 0 Å². The Morgan fingerprint density at radius 3 is 2.86 bits per heavy atom. The summed E-state index contributed by atoms with van der Waals surface area (Å²) in [5.41, 5.74) is 8.08. The van der Waals surface area contributed by atoms with Gasteiger partial charge >= 0.3 is 0 Å². The van der Waals surface area contributed by atoms with Crippen molar-refractivity contribution < 1.29 is 9.53 Å². The number of hydrogen-bond acceptors (Lipinski definition) is 3. The lowest BCUT2D eigenvalue weighted by molar-refractivity contribution is -0.122. The summed E-state index contributed by atoms with van der Waals surface area (Å²) in [4.78, 5) is 11.1. The molecule has 1 aromatic rings. The van der Waals surface area contributed by atoms with Crippen LogP contribution in [0.25, 0.3) is 0 Å². The van der Waals surface area contributed by atoms with Gasteiger partial charge in [-0.3, -0.25) is 4.79 Å². The average molecular weight is 288 g/mol. The van der Waals surface area contributed by atoms with Crippen molar-refractivity contribution in [1.82, 2.24) is 5.32 Å². The second-order valence-electron chi connectivity index (χ2n) is 6.20. The molecule has 1 aliphatic heterocycles. The molecule has 0 unspecified atom stereocenters. The predicted octanol–water partition coefficient (Wildman–Crippen LogP) is 1.80. The van der Waals surface area contributed by atoms with Gasteiger partial charge in [-0.05, 0) is 55.8 Å². The number of carbonyl (C=O) groups is 1. The van der Waals surface area contributed by atoms with Crippen LogP contribution >= 0.6 is 0 Å². The minimum absolute atomic E-state index is 0.0970. The molecular weight excluding hydrogens is 264 g/mol. The Hall–Kier alpha value is -1.55. The monoisotopic (exact) mass is 288 g/mol. The Labute approximate surface area is 126 Å². The second-order valence-corrected chi connectivity index (χ2v) is 6.20. The summed E-state index contributed by atoms with van der Waals surface area (Å²) in [7, 11) is 0. The average Bonchev–Trinajstić information content (AvgIpc) is 2.95. The molecule has 0 bridgehead atoms. The number of fused-ring (bicyclic) bond motifs is 1. The predicted molar refractivity (Wildman–Crippen MR) is 82.3 cm³/mol. The number of amides is 1. The SMILES string of the molecule is NC(=O)C1CCC(NCCc2ccc3c(c2)CCO3)CC1. The van der Waals surface area contributed by atoms with E-state index in [9.17, 15) is 4.79 Å². The first-order valence-corrected chi connectivity index (χ1v) is 7.99. The summed E-state index contributed by atoms with van der Waals surface area (Å²) in [6, 6.07) is 7.07. The fourth-order valence-electron chi connectivity index (χ4n) is 3.40. The zero-order valence-electron chi connectivity index (χ0n) is 12.4. The highest BCUT2D eigenvalue weighted by atomic mass is 16.5. The van der Waals surface area contributed by atoms with Crippen LogP contribution in [0, 0.1) is 5.92 Å². The van der Waals surface area contributed by atoms with Gasteiger partial charge in [-0.2, -0.15) is 0 Å². The normalized spacial score (nSPS) is 24.4. The summed E-state index contributed by atoms with van der Waals surface area (Å²) in [5.74, 6) is 1.02. The molecule has 4 heteroatoms. The van der Waals surface area contributed by atoms with Crippen LogP contribution in [0.3, 0.4) is 0 Å². The first-order chi connectivity index (χ1) is 10.2. The van der Waals surface area contributed by atoms with Gasteiger partial charge in [-0.25, -0.2) is 0 Å². The molecule has 0 atom stereocenters. The third-order valence-electron chi connectivity index (χ3n) is 4.73. The molecule has 3 rings (SSSR count). The van der Waals surface area contributed by atoms with Gasteiger partial charge in [0.15, 0.2) is 0 Å². The molecule has 21 heavy (non-hydrogen) atoms. The molecule has 0 aromatic heterocycles. The number of carbonyl (C=O) groups excluding carboxylic acids is 1. The lowest BCUT2D eigenvalue weighted by atomic mass is 9.85. The van der Waals surface area contributed by atoms with Gasteiger partial charge in [0.25, 0.3) is 0 Å². The molecule has 2 aliphatic rings. The standard InChI is InChI=1S/C17H24N2O2/c18-17(20)13-2-4-15(5-3-13)19-9-7-12-1-6-16-14(11-12)8-10-21-16/h1,6,11,13,15,19H,2-5,7-10H2,(H2,18,20). The van der Waals surface area contributed by atoms with E-state index in [1.165, 1.54) is 11.1 Å². The first-order valence-electron chi connectivity index (χ1n) is 7.99. The van der Waals surface area contributed by atoms with Crippen molar-refractivity contribution in [2.45, 2.75) is 44.6 Å². The highest BCUT2D eigenvalue weighted by molar-refractivity contribution is 5.76. The van der Waals surface area contributed by atoms with Crippen LogP contribution in [0.15, 0.2) is 18.2 Å². The first kappa shape index (κ1) is 14.4. The molecule has 0 radical (unpaired) electrons. The highest BCUT2D eigenvalue weighted by Gasteiger charge is 2.24. The maximum absolute atomic E-state index is 11.1. The van der Waals surface area contributed by atoms with Gasteiger partial charge < -0.3 is 15.8 Å². The van der Waals surface area contributed by atoms with Crippen molar-refractivity contribution in [2.75, 3.05) is 13.2 Å². The van der Waals surface area contributed by atoms with E-state index < -0.39 is 0 Å². The quantitative estimate of drug-likeness (QED) is 0.868. The minimum atomic E-state index is -0.131. The lowest BCUT2D eigenvalue weighted by Crippen LogP contribution is -2.37. The fraction of sp³-hybridized carbons (Fsp3) is 0.588. The second kappa shape index (κ2) is 6.48. The Kier molecular flexibility index (Phi) is 4.44. The van der Waals surface area contributed by atoms with Crippen molar-refractivity contribution in [3.05, 3.63) is 29.3 Å². The summed E-state index contributed by atoms with van der Waals surface area (Å²) >= 11 is 0. The van der Waals surface area contributed by atoms with Crippen LogP contribution in [-0.4, -0.2) is 25.1 Å². The Balaban J connectivity index is 1.41. The van der Waals surface area contributed by atoms with Gasteiger partial charge in [-0.1, -0.05) is 12.1 Å². The zero-order valence-corrected chi connectivity index (χ0v) is 12.4. The molecule has 0 saturated heterocycles. The van der Waals surface area contributed by atoms with Gasteiger partial charge in [0.2, 0.25) is 5.91 Å². The highest BCUT2D eigenvalue weighted by Crippen LogP contribution is 2.26. The Morgan fingerprint density at radius 1 is 1.29 bits per heavy atom. The van der Waals surface area contributed by atoms with Crippen molar-refractivity contribution in [1.29, 1.82) is 0 Å². The van der Waals surface area contributed by atoms with E-state index in [1.807, 2.05) is 0 Å². The van der Waals surface area contributed by atoms with E-state index in [2.05, 4.69) is 23.5 Å². The van der Waals surface area contributed by atoms with Crippen molar-refractivity contribution in [2.24, 2.45) is 11.7 Å². The van der Waals surface area contributed by atoms with Crippen LogP contribution in [0.2, 0.25) is 0 Å². The molecule has 1 aromatic carbocycles. The van der Waals surface area contributed by atoms with E-state index in [4.69, 9.17) is 10.5 Å². The van der Waals surface area contributed by atoms with Crippen molar-refractivity contribution >= 4 is 5.91 Å². The van der Waals surface area contributed by atoms with Crippen LogP contribution in [-0.2, 0) is 17.6 Å². The summed E-state index contributed by atoms with van der Waals surface area (Å²) in [5, 5.41) is 3.61. The lowest BCUT2D eigenvalue weighted by Gasteiger charge is -2.27. The van der Waals surface area contributed by atoms with Crippen LogP contribution in [0.5, 0.6) is 5.75 Å². The smallest absolute Gasteiger partial charge is 0.220 e. The van der Waals surface area contributed by atoms with E-state index >= 15 is 0 Å². The third-order valence-corrected chi connectivity index (χ3v) is 4.73. The molecule has 0 spiro atoms. The molecular formula is C17H24N2O2. The topological polar surface area (TPSA) is 64.4 Å². The number of nitrogens with two attached hydrogens (primary N) is 1. The van der Waals surface area contributed by atoms with Crippen molar-refractivity contribution in [3.63, 3.8) is 0 Å². The number of nitrogens with one attached hydrogen (secondary N) is 1. The summed E-state index contributed by atoms with van der Waals surface area (Å²) in [6.45, 7) is 1.81. The maximum Gasteiger partial charge on any atom is 0.220 e. The fourth-order valence-corrected chi connectivity index (χ4v) is 3.40. The van der Waals surface area contributed by atoms with Crippen LogP contribution in [0.4, 0.5) is 0 Å². The molecule has 1 aliphatic carbocycles. The summed E-state index contributed by atoms with van der Waals surface area (Å²) < 4.78 is 5.53. The van der Waals surface area contributed by atoms with Crippen LogP contribution in [0.1, 0.15) is 36.8 Å². The Bertz CT molecular complexity index is 508. The molecule has 3 N–H and O–H groups in total. The molecule has 1 saturated carbocycles. The number of rotatable bonds is 5. The van der Waals surface area contributed by atoms with E-state index in [1.54, 1.807) is 0 Å². The van der Waals surface area contributed by atoms with Gasteiger partial charge in [0, 0.05) is 18.4 Å². The molecule has 1 heterocycles. The van der Waals surface area contributed by atoms with E-state index in [0.29, 0.717) is 6.04 Å². The number of hydrogen-bond donors (Lipinski definition) is 2. The van der Waals surface area contributed by atoms with E-state index in [-0.39, 0.29) is 11.8 Å². The number of primary amides is 1. The Morgan fingerprint density at radius 2 is 2.10 bits per heavy atom. The van der Waals surface area contributed by atoms with E-state index in [0.717, 1.165) is 57.4 Å². The van der Waals surface area contributed by atoms with Gasteiger partial charge in [0.1, 0.15) is 5.75 Å². The molecule has 1 amide bonds. The number of benzene rings is 1. The van der Waals surface area contributed by atoms with Crippen LogP contribution < -0.4 is 15.8 Å². The molecule has 4 nitrogen and oxygen atoms in total. The third kappa shape index (κ3) is 3.56. The van der Waals surface area contributed by atoms with Crippen molar-refractivity contribution in [3.8, 4) is 5.75 Å². The maximum atomic E-state index is 11.1. The molecule has 1 fully saturated rings. The number of ether oxygens (including phenoxy) is 1. The van der Waals surface area contributed by atoms with Gasteiger partial charge in [0.05, 0.1) is 6.61 Å².